The molecule has 0 spiro atoms. The molecule has 0 saturated carbocycles. The van der Waals surface area contributed by atoms with Crippen LogP contribution in [-0.2, 0) is 14.8 Å². The van der Waals surface area contributed by atoms with Gasteiger partial charge in [0.25, 0.3) is 10.0 Å². The molecule has 1 N–H and O–H groups in total. The first-order valence-electron chi connectivity index (χ1n) is 11.6. The monoisotopic (exact) mass is 533 g/mol. The van der Waals surface area contributed by atoms with Gasteiger partial charge in [-0.2, -0.15) is 0 Å². The number of rotatable bonds is 8. The molecule has 0 fully saturated rings. The maximum absolute atomic E-state index is 12.8. The SMILES string of the molecule is COc1ccc2cc(C(=O)COC(=O)c3ccc(NS(=O)(=O)c4ccc5c(c4)OCCO5)cc3)ccc2c1. The Kier molecular flexibility index (Phi) is 6.89. The van der Waals surface area contributed by atoms with Gasteiger partial charge in [0, 0.05) is 17.3 Å². The smallest absolute Gasteiger partial charge is 0.338 e. The maximum Gasteiger partial charge on any atom is 0.338 e. The summed E-state index contributed by atoms with van der Waals surface area (Å²) < 4.78 is 49.3. The van der Waals surface area contributed by atoms with E-state index < -0.39 is 22.6 Å². The van der Waals surface area contributed by atoms with Crippen molar-refractivity contribution in [2.75, 3.05) is 31.7 Å². The van der Waals surface area contributed by atoms with Crippen LogP contribution in [0.4, 0.5) is 5.69 Å². The van der Waals surface area contributed by atoms with Gasteiger partial charge in [-0.15, -0.1) is 0 Å². The summed E-state index contributed by atoms with van der Waals surface area (Å²) in [6.07, 6.45) is 0. The van der Waals surface area contributed by atoms with Crippen LogP contribution in [0, 0.1) is 0 Å². The van der Waals surface area contributed by atoms with Crippen molar-refractivity contribution in [1.29, 1.82) is 0 Å². The Balaban J connectivity index is 1.20. The predicted molar refractivity (Wildman–Crippen MR) is 140 cm³/mol. The Morgan fingerprint density at radius 2 is 1.50 bits per heavy atom. The second-order valence-electron chi connectivity index (χ2n) is 8.42. The summed E-state index contributed by atoms with van der Waals surface area (Å²) >= 11 is 0. The molecule has 194 valence electrons. The van der Waals surface area contributed by atoms with Gasteiger partial charge < -0.3 is 18.9 Å². The average molecular weight is 534 g/mol. The number of benzene rings is 4. The average Bonchev–Trinajstić information content (AvgIpc) is 2.95. The van der Waals surface area contributed by atoms with E-state index in [0.29, 0.717) is 36.0 Å². The first-order chi connectivity index (χ1) is 18.3. The second-order valence-corrected chi connectivity index (χ2v) is 10.1. The number of fused-ring (bicyclic) bond motifs is 2. The van der Waals surface area contributed by atoms with Gasteiger partial charge in [-0.05, 0) is 65.4 Å². The van der Waals surface area contributed by atoms with Gasteiger partial charge >= 0.3 is 5.97 Å². The fourth-order valence-corrected chi connectivity index (χ4v) is 4.97. The molecule has 4 aromatic carbocycles. The number of carbonyl (C=O) groups is 2. The lowest BCUT2D eigenvalue weighted by atomic mass is 10.0. The van der Waals surface area contributed by atoms with Gasteiger partial charge in [-0.25, -0.2) is 13.2 Å². The summed E-state index contributed by atoms with van der Waals surface area (Å²) in [6, 6.07) is 20.8. The standard InChI is InChI=1S/C28H23NO8S/c1-34-23-9-6-19-14-21(3-2-20(19)15-23)25(30)17-37-28(31)18-4-7-22(8-5-18)29-38(32,33)24-10-11-26-27(16-24)36-13-12-35-26/h2-11,14-16,29H,12-13,17H2,1H3. The van der Waals surface area contributed by atoms with E-state index in [1.165, 1.54) is 36.4 Å². The summed E-state index contributed by atoms with van der Waals surface area (Å²) in [7, 11) is -2.32. The third kappa shape index (κ3) is 5.40. The minimum absolute atomic E-state index is 0.0107. The number of Topliss-reactive ketones (excluding diaryl/α,β-unsaturated/α-hetero) is 1. The summed E-state index contributed by atoms with van der Waals surface area (Å²) in [4.78, 5) is 25.1. The number of esters is 1. The molecular weight excluding hydrogens is 510 g/mol. The highest BCUT2D eigenvalue weighted by atomic mass is 32.2. The highest BCUT2D eigenvalue weighted by Gasteiger charge is 2.20. The number of hydrogen-bond acceptors (Lipinski definition) is 8. The van der Waals surface area contributed by atoms with Crippen molar-refractivity contribution in [3.63, 3.8) is 0 Å². The fourth-order valence-electron chi connectivity index (χ4n) is 3.90. The van der Waals surface area contributed by atoms with E-state index in [1.807, 2.05) is 12.1 Å². The molecule has 38 heavy (non-hydrogen) atoms. The summed E-state index contributed by atoms with van der Waals surface area (Å²) in [6.45, 7) is 0.309. The molecule has 0 atom stereocenters. The minimum Gasteiger partial charge on any atom is -0.497 e. The topological polar surface area (TPSA) is 117 Å². The number of methoxy groups -OCH3 is 1. The van der Waals surface area contributed by atoms with E-state index >= 15 is 0 Å². The van der Waals surface area contributed by atoms with Crippen LogP contribution in [0.5, 0.6) is 17.2 Å². The quantitative estimate of drug-likeness (QED) is 0.261. The second kappa shape index (κ2) is 10.4. The van der Waals surface area contributed by atoms with Crippen LogP contribution in [0.15, 0.2) is 83.8 Å². The van der Waals surface area contributed by atoms with Crippen molar-refractivity contribution in [2.24, 2.45) is 0 Å². The van der Waals surface area contributed by atoms with E-state index in [1.54, 1.807) is 37.4 Å². The van der Waals surface area contributed by atoms with E-state index in [4.69, 9.17) is 18.9 Å². The molecule has 0 amide bonds. The minimum atomic E-state index is -3.91. The van der Waals surface area contributed by atoms with E-state index in [2.05, 4.69) is 4.72 Å². The Labute approximate surface area is 218 Å². The first-order valence-corrected chi connectivity index (χ1v) is 13.1. The van der Waals surface area contributed by atoms with Crippen LogP contribution in [0.3, 0.4) is 0 Å². The zero-order chi connectivity index (χ0) is 26.7. The van der Waals surface area contributed by atoms with Gasteiger partial charge in [0.1, 0.15) is 19.0 Å². The van der Waals surface area contributed by atoms with Gasteiger partial charge in [0.05, 0.1) is 17.6 Å². The molecular formula is C28H23NO8S. The largest absolute Gasteiger partial charge is 0.497 e. The molecule has 0 saturated heterocycles. The lowest BCUT2D eigenvalue weighted by molar-refractivity contribution is 0.0475. The van der Waals surface area contributed by atoms with Crippen molar-refractivity contribution >= 4 is 38.2 Å². The summed E-state index contributed by atoms with van der Waals surface area (Å²) in [5, 5.41) is 1.78. The van der Waals surface area contributed by atoms with Crippen LogP contribution >= 0.6 is 0 Å². The van der Waals surface area contributed by atoms with Crippen LogP contribution in [0.2, 0.25) is 0 Å². The summed E-state index contributed by atoms with van der Waals surface area (Å²) in [5.41, 5.74) is 0.838. The van der Waals surface area contributed by atoms with Crippen LogP contribution in [0.1, 0.15) is 20.7 Å². The Hall–Kier alpha value is -4.57. The third-order valence-electron chi connectivity index (χ3n) is 5.90. The van der Waals surface area contributed by atoms with Crippen LogP contribution in [-0.4, -0.2) is 47.1 Å². The number of ether oxygens (including phenoxy) is 4. The number of sulfonamides is 1. The van der Waals surface area contributed by atoms with Gasteiger partial charge in [0.15, 0.2) is 23.9 Å². The molecule has 0 aromatic heterocycles. The molecule has 0 radical (unpaired) electrons. The molecule has 9 nitrogen and oxygen atoms in total. The van der Waals surface area contributed by atoms with E-state index in [0.717, 1.165) is 10.8 Å². The normalized spacial score (nSPS) is 12.6. The van der Waals surface area contributed by atoms with Gasteiger partial charge in [0.2, 0.25) is 0 Å². The third-order valence-corrected chi connectivity index (χ3v) is 7.28. The molecule has 1 heterocycles. The maximum atomic E-state index is 12.8. The van der Waals surface area contributed by atoms with Crippen molar-refractivity contribution in [3.8, 4) is 17.2 Å². The Morgan fingerprint density at radius 3 is 2.26 bits per heavy atom. The lowest BCUT2D eigenvalue weighted by Crippen LogP contribution is -2.17. The van der Waals surface area contributed by atoms with Crippen molar-refractivity contribution in [1.82, 2.24) is 0 Å². The molecule has 1 aliphatic heterocycles. The van der Waals surface area contributed by atoms with Gasteiger partial charge in [-0.3, -0.25) is 9.52 Å². The molecule has 0 aliphatic carbocycles. The fraction of sp³-hybridized carbons (Fsp3) is 0.143. The number of carbonyl (C=O) groups excluding carboxylic acids is 2. The van der Waals surface area contributed by atoms with Crippen molar-refractivity contribution in [3.05, 3.63) is 90.0 Å². The highest BCUT2D eigenvalue weighted by Crippen LogP contribution is 2.32. The van der Waals surface area contributed by atoms with E-state index in [9.17, 15) is 18.0 Å². The molecule has 0 unspecified atom stereocenters. The van der Waals surface area contributed by atoms with Crippen molar-refractivity contribution in [2.45, 2.75) is 4.90 Å². The van der Waals surface area contributed by atoms with Crippen molar-refractivity contribution < 1.29 is 37.0 Å². The predicted octanol–water partition coefficient (Wildman–Crippen LogP) is 4.46. The Bertz CT molecular complexity index is 1630. The molecule has 5 rings (SSSR count). The number of anilines is 1. The van der Waals surface area contributed by atoms with E-state index in [-0.39, 0.29) is 21.9 Å². The molecule has 4 aromatic rings. The Morgan fingerprint density at radius 1 is 0.816 bits per heavy atom. The van der Waals surface area contributed by atoms with Crippen LogP contribution in [0.25, 0.3) is 10.8 Å². The van der Waals surface area contributed by atoms with Crippen LogP contribution < -0.4 is 18.9 Å². The summed E-state index contributed by atoms with van der Waals surface area (Å²) in [5.74, 6) is 0.506. The van der Waals surface area contributed by atoms with Gasteiger partial charge in [-0.1, -0.05) is 18.2 Å². The molecule has 1 aliphatic rings. The molecule has 10 heteroatoms. The zero-order valence-electron chi connectivity index (χ0n) is 20.3. The highest BCUT2D eigenvalue weighted by molar-refractivity contribution is 7.92. The first kappa shape index (κ1) is 25.1. The zero-order valence-corrected chi connectivity index (χ0v) is 21.1. The number of nitrogens with one attached hydrogen (secondary N) is 1. The molecule has 0 bridgehead atoms. The number of ketones is 1. The number of hydrogen-bond donors (Lipinski definition) is 1. The lowest BCUT2D eigenvalue weighted by Gasteiger charge is -2.19.